The fraction of sp³-hybridized carbons (Fsp3) is 1.00. The molecule has 0 aromatic rings. The standard InChI is InChI=1S/C8H19NO.C2H6/c1-4-5-6-9(3)8(2)7-10;1-2/h8,10H,4-7H2,1-3H3;1-2H3. The molecule has 0 saturated carbocycles. The first-order chi connectivity index (χ1) is 5.72. The Kier molecular flexibility index (Phi) is 13.1. The maximum atomic E-state index is 8.76. The van der Waals surface area contributed by atoms with E-state index in [0.717, 1.165) is 6.54 Å². The summed E-state index contributed by atoms with van der Waals surface area (Å²) < 4.78 is 0. The average molecular weight is 175 g/mol. The van der Waals surface area contributed by atoms with Crippen molar-refractivity contribution in [3.8, 4) is 0 Å². The van der Waals surface area contributed by atoms with Gasteiger partial charge in [-0.25, -0.2) is 0 Å². The van der Waals surface area contributed by atoms with Crippen LogP contribution in [0.2, 0.25) is 0 Å². The maximum absolute atomic E-state index is 8.76. The van der Waals surface area contributed by atoms with Gasteiger partial charge < -0.3 is 10.0 Å². The van der Waals surface area contributed by atoms with E-state index < -0.39 is 0 Å². The molecule has 0 heterocycles. The average Bonchev–Trinajstić information content (AvgIpc) is 2.16. The summed E-state index contributed by atoms with van der Waals surface area (Å²) in [6.45, 7) is 9.57. The number of aliphatic hydroxyl groups excluding tert-OH is 1. The smallest absolute Gasteiger partial charge is 0.0584 e. The van der Waals surface area contributed by atoms with Gasteiger partial charge in [0.05, 0.1) is 6.61 Å². The molecule has 0 aliphatic heterocycles. The maximum Gasteiger partial charge on any atom is 0.0584 e. The number of nitrogens with zero attached hydrogens (tertiary/aromatic N) is 1. The van der Waals surface area contributed by atoms with Crippen LogP contribution in [-0.4, -0.2) is 36.2 Å². The van der Waals surface area contributed by atoms with E-state index in [1.165, 1.54) is 12.8 Å². The van der Waals surface area contributed by atoms with Crippen LogP contribution in [0.5, 0.6) is 0 Å². The summed E-state index contributed by atoms with van der Waals surface area (Å²) in [4.78, 5) is 2.18. The molecule has 0 aromatic carbocycles. The molecule has 0 aliphatic carbocycles. The van der Waals surface area contributed by atoms with Crippen LogP contribution in [0.3, 0.4) is 0 Å². The first-order valence-corrected chi connectivity index (χ1v) is 5.03. The Labute approximate surface area is 77.6 Å². The normalized spacial score (nSPS) is 12.2. The molecule has 0 bridgehead atoms. The van der Waals surface area contributed by atoms with Crippen molar-refractivity contribution in [2.24, 2.45) is 0 Å². The van der Waals surface area contributed by atoms with Crippen molar-refractivity contribution >= 4 is 0 Å². The Balaban J connectivity index is 0. The summed E-state index contributed by atoms with van der Waals surface area (Å²) in [7, 11) is 2.05. The zero-order valence-electron chi connectivity index (χ0n) is 9.30. The topological polar surface area (TPSA) is 23.5 Å². The van der Waals surface area contributed by atoms with Crippen molar-refractivity contribution in [3.05, 3.63) is 0 Å². The summed E-state index contributed by atoms with van der Waals surface area (Å²) in [6, 6.07) is 0.312. The van der Waals surface area contributed by atoms with Crippen LogP contribution in [0, 0.1) is 0 Å². The number of aliphatic hydroxyl groups is 1. The van der Waals surface area contributed by atoms with Gasteiger partial charge in [-0.05, 0) is 26.9 Å². The Hall–Kier alpha value is -0.0800. The van der Waals surface area contributed by atoms with Crippen LogP contribution in [0.1, 0.15) is 40.5 Å². The Morgan fingerprint density at radius 2 is 1.83 bits per heavy atom. The van der Waals surface area contributed by atoms with Gasteiger partial charge in [0.2, 0.25) is 0 Å². The van der Waals surface area contributed by atoms with Crippen LogP contribution in [-0.2, 0) is 0 Å². The minimum absolute atomic E-state index is 0.264. The van der Waals surface area contributed by atoms with Gasteiger partial charge in [0, 0.05) is 6.04 Å². The predicted octanol–water partition coefficient (Wildman–Crippen LogP) is 2.13. The monoisotopic (exact) mass is 175 g/mol. The van der Waals surface area contributed by atoms with Crippen molar-refractivity contribution < 1.29 is 5.11 Å². The van der Waals surface area contributed by atoms with E-state index in [1.807, 2.05) is 20.8 Å². The molecule has 0 aliphatic rings. The highest BCUT2D eigenvalue weighted by molar-refractivity contribution is 4.60. The molecule has 2 heteroatoms. The van der Waals surface area contributed by atoms with Gasteiger partial charge in [0.25, 0.3) is 0 Å². The van der Waals surface area contributed by atoms with Crippen LogP contribution < -0.4 is 0 Å². The highest BCUT2D eigenvalue weighted by Crippen LogP contribution is 1.96. The SMILES string of the molecule is CC.CCCCN(C)C(C)CO. The number of unbranched alkanes of at least 4 members (excludes halogenated alkanes) is 1. The first-order valence-electron chi connectivity index (χ1n) is 5.03. The summed E-state index contributed by atoms with van der Waals surface area (Å²) in [5.74, 6) is 0. The second-order valence-corrected chi connectivity index (χ2v) is 2.87. The molecule has 76 valence electrons. The Morgan fingerprint density at radius 1 is 1.33 bits per heavy atom. The van der Waals surface area contributed by atoms with Gasteiger partial charge in [-0.3, -0.25) is 0 Å². The molecule has 0 radical (unpaired) electrons. The van der Waals surface area contributed by atoms with E-state index in [-0.39, 0.29) is 6.61 Å². The summed E-state index contributed by atoms with van der Waals surface area (Å²) in [5.41, 5.74) is 0. The Bertz CT molecular complexity index is 76.2. The fourth-order valence-electron chi connectivity index (χ4n) is 0.767. The van der Waals surface area contributed by atoms with Gasteiger partial charge in [-0.15, -0.1) is 0 Å². The van der Waals surface area contributed by atoms with E-state index in [9.17, 15) is 0 Å². The zero-order chi connectivity index (χ0) is 9.98. The van der Waals surface area contributed by atoms with Crippen molar-refractivity contribution in [2.75, 3.05) is 20.2 Å². The molecule has 1 atom stereocenters. The second-order valence-electron chi connectivity index (χ2n) is 2.87. The van der Waals surface area contributed by atoms with Crippen molar-refractivity contribution in [1.29, 1.82) is 0 Å². The molecule has 0 saturated heterocycles. The third kappa shape index (κ3) is 8.02. The van der Waals surface area contributed by atoms with E-state index >= 15 is 0 Å². The van der Waals surface area contributed by atoms with Crippen LogP contribution in [0.4, 0.5) is 0 Å². The molecule has 0 spiro atoms. The van der Waals surface area contributed by atoms with Crippen molar-refractivity contribution in [1.82, 2.24) is 4.90 Å². The molecule has 1 unspecified atom stereocenters. The molecule has 0 amide bonds. The zero-order valence-corrected chi connectivity index (χ0v) is 9.30. The quantitative estimate of drug-likeness (QED) is 0.692. The molecule has 1 N–H and O–H groups in total. The third-order valence-electron chi connectivity index (χ3n) is 1.88. The lowest BCUT2D eigenvalue weighted by Crippen LogP contribution is -2.32. The summed E-state index contributed by atoms with van der Waals surface area (Å²) in [6.07, 6.45) is 2.45. The molecular weight excluding hydrogens is 150 g/mol. The second kappa shape index (κ2) is 10.9. The van der Waals surface area contributed by atoms with Crippen molar-refractivity contribution in [3.63, 3.8) is 0 Å². The summed E-state index contributed by atoms with van der Waals surface area (Å²) >= 11 is 0. The first kappa shape index (κ1) is 14.4. The highest BCUT2D eigenvalue weighted by atomic mass is 16.3. The Morgan fingerprint density at radius 3 is 2.17 bits per heavy atom. The number of rotatable bonds is 5. The lowest BCUT2D eigenvalue weighted by atomic mass is 10.2. The molecular formula is C10H25NO. The van der Waals surface area contributed by atoms with E-state index in [1.54, 1.807) is 0 Å². The van der Waals surface area contributed by atoms with Gasteiger partial charge in [-0.2, -0.15) is 0 Å². The number of hydrogen-bond acceptors (Lipinski definition) is 2. The fourth-order valence-corrected chi connectivity index (χ4v) is 0.767. The largest absolute Gasteiger partial charge is 0.395 e. The van der Waals surface area contributed by atoms with Gasteiger partial charge >= 0.3 is 0 Å². The predicted molar refractivity (Wildman–Crippen MR) is 55.4 cm³/mol. The third-order valence-corrected chi connectivity index (χ3v) is 1.88. The molecule has 12 heavy (non-hydrogen) atoms. The van der Waals surface area contributed by atoms with Crippen LogP contribution in [0.25, 0.3) is 0 Å². The van der Waals surface area contributed by atoms with E-state index in [0.29, 0.717) is 6.04 Å². The molecule has 0 fully saturated rings. The molecule has 2 nitrogen and oxygen atoms in total. The van der Waals surface area contributed by atoms with Crippen LogP contribution in [0.15, 0.2) is 0 Å². The van der Waals surface area contributed by atoms with E-state index in [2.05, 4.69) is 18.9 Å². The minimum atomic E-state index is 0.264. The highest BCUT2D eigenvalue weighted by Gasteiger charge is 2.04. The summed E-state index contributed by atoms with van der Waals surface area (Å²) in [5, 5.41) is 8.76. The van der Waals surface area contributed by atoms with Gasteiger partial charge in [0.15, 0.2) is 0 Å². The van der Waals surface area contributed by atoms with Gasteiger partial charge in [0.1, 0.15) is 0 Å². The number of hydrogen-bond donors (Lipinski definition) is 1. The minimum Gasteiger partial charge on any atom is -0.395 e. The van der Waals surface area contributed by atoms with Gasteiger partial charge in [-0.1, -0.05) is 27.2 Å². The lowest BCUT2D eigenvalue weighted by Gasteiger charge is -2.22. The number of likely N-dealkylation sites (N-methyl/N-ethyl adjacent to an activating group) is 1. The van der Waals surface area contributed by atoms with Crippen molar-refractivity contribution in [2.45, 2.75) is 46.6 Å². The van der Waals surface area contributed by atoms with Crippen LogP contribution >= 0.6 is 0 Å². The molecule has 0 rings (SSSR count). The molecule has 0 aromatic heterocycles. The van der Waals surface area contributed by atoms with E-state index in [4.69, 9.17) is 5.11 Å². The lowest BCUT2D eigenvalue weighted by molar-refractivity contribution is 0.158.